The summed E-state index contributed by atoms with van der Waals surface area (Å²) in [6, 6.07) is 5.44. The second-order valence-corrected chi connectivity index (χ2v) is 12.2. The van der Waals surface area contributed by atoms with Crippen molar-refractivity contribution in [1.29, 1.82) is 0 Å². The van der Waals surface area contributed by atoms with Crippen LogP contribution in [0.2, 0.25) is 0 Å². The summed E-state index contributed by atoms with van der Waals surface area (Å²) in [5.74, 6) is -0.161. The number of rotatable bonds is 10. The number of fused-ring (bicyclic) bond motifs is 1. The van der Waals surface area contributed by atoms with Gasteiger partial charge < -0.3 is 29.6 Å². The minimum atomic E-state index is -4.43. The predicted octanol–water partition coefficient (Wildman–Crippen LogP) is 1.27. The van der Waals surface area contributed by atoms with Gasteiger partial charge in [-0.25, -0.2) is 23.2 Å². The molecule has 1 aliphatic rings. The van der Waals surface area contributed by atoms with Crippen molar-refractivity contribution in [3.8, 4) is 0 Å². The van der Waals surface area contributed by atoms with Gasteiger partial charge in [-0.1, -0.05) is 4.98 Å². The number of nitro benzene ring substituents is 1. The number of nitrogens with two attached hydrogens (primary N) is 1. The first-order chi connectivity index (χ1) is 21.2. The standard InChI is InChI=1S/C25H29N8O11P/c1-25(2,14-5-7-15(8-6-14)33(36)37)44-24(35)43-18-16(11-41-45(38,39)31-10-9-27-12-31)42-22(19(18)40-4)32-13-30(3)17-20(32)28-23(26)29-21(17)34/h5-10,12-13,16,18-19,22H,11H2,1-4H3,(H3-,26,28,29,34,38,39)/p+1/t16-,18+,19?,22-/m1/s1. The van der Waals surface area contributed by atoms with E-state index in [2.05, 4.69) is 15.0 Å². The van der Waals surface area contributed by atoms with Crippen LogP contribution in [0.4, 0.5) is 16.4 Å². The number of hydrogen-bond acceptors (Lipinski definition) is 13. The SMILES string of the molecule is COC1[C@@H](OC(=O)OC(C)(C)c2ccc([N+](=O)[O-])cc2)[C@@H](COP(=O)(O)n2ccnc2)O[C@H]1[n+]1cn(C)c2c(=O)[nH]c(N)nc21. The molecule has 1 aliphatic heterocycles. The van der Waals surface area contributed by atoms with Crippen LogP contribution in [0.1, 0.15) is 25.6 Å². The van der Waals surface area contributed by atoms with Crippen molar-refractivity contribution in [2.24, 2.45) is 7.05 Å². The number of methoxy groups -OCH3 is 1. The van der Waals surface area contributed by atoms with Crippen LogP contribution in [0.25, 0.3) is 11.2 Å². The number of nitro groups is 1. The Hall–Kier alpha value is -4.68. The van der Waals surface area contributed by atoms with Gasteiger partial charge in [0, 0.05) is 31.6 Å². The molecule has 3 aromatic heterocycles. The number of carbonyl (C=O) groups excluding carboxylic acids is 1. The number of aromatic amines is 1. The van der Waals surface area contributed by atoms with E-state index < -0.39 is 61.1 Å². The summed E-state index contributed by atoms with van der Waals surface area (Å²) in [4.78, 5) is 57.2. The average Bonchev–Trinajstić information content (AvgIpc) is 3.70. The lowest BCUT2D eigenvalue weighted by Gasteiger charge is -2.28. The zero-order chi connectivity index (χ0) is 32.7. The number of hydrogen-bond donors (Lipinski definition) is 3. The minimum absolute atomic E-state index is 0.124. The third kappa shape index (κ3) is 6.29. The summed E-state index contributed by atoms with van der Waals surface area (Å²) in [5.41, 5.74) is 4.56. The molecule has 1 saturated heterocycles. The highest BCUT2D eigenvalue weighted by Crippen LogP contribution is 2.44. The normalized spacial score (nSPS) is 21.4. The highest BCUT2D eigenvalue weighted by molar-refractivity contribution is 7.51. The number of nitrogens with one attached hydrogen (secondary N) is 1. The van der Waals surface area contributed by atoms with Gasteiger partial charge >= 0.3 is 19.5 Å². The number of aromatic nitrogens is 6. The van der Waals surface area contributed by atoms with E-state index >= 15 is 0 Å². The summed E-state index contributed by atoms with van der Waals surface area (Å²) in [6.45, 7) is 2.56. The molecule has 4 N–H and O–H groups in total. The first kappa shape index (κ1) is 31.7. The van der Waals surface area contributed by atoms with E-state index in [4.69, 9.17) is 29.2 Å². The second kappa shape index (κ2) is 12.0. The maximum absolute atomic E-state index is 13.2. The van der Waals surface area contributed by atoms with Crippen LogP contribution in [0, 0.1) is 10.1 Å². The number of H-pyrrole nitrogens is 1. The average molecular weight is 650 g/mol. The fourth-order valence-corrected chi connectivity index (χ4v) is 5.83. The molecular weight excluding hydrogens is 619 g/mol. The third-order valence-corrected chi connectivity index (χ3v) is 8.46. The van der Waals surface area contributed by atoms with Crippen molar-refractivity contribution in [3.05, 3.63) is 75.3 Å². The number of aryl methyl sites for hydroxylation is 1. The van der Waals surface area contributed by atoms with E-state index in [1.165, 1.54) is 59.2 Å². The Morgan fingerprint density at radius 1 is 1.31 bits per heavy atom. The Balaban J connectivity index is 1.44. The summed E-state index contributed by atoms with van der Waals surface area (Å²) >= 11 is 0. The van der Waals surface area contributed by atoms with Crippen LogP contribution in [0.5, 0.6) is 0 Å². The van der Waals surface area contributed by atoms with E-state index in [0.29, 0.717) is 5.56 Å². The Kier molecular flexibility index (Phi) is 8.47. The lowest BCUT2D eigenvalue weighted by Crippen LogP contribution is -2.48. The van der Waals surface area contributed by atoms with E-state index in [-0.39, 0.29) is 22.8 Å². The highest BCUT2D eigenvalue weighted by Gasteiger charge is 2.52. The van der Waals surface area contributed by atoms with Crippen molar-refractivity contribution >= 4 is 36.7 Å². The number of carbonyl (C=O) groups is 1. The van der Waals surface area contributed by atoms with Gasteiger partial charge in [0.15, 0.2) is 18.5 Å². The molecule has 0 amide bonds. The van der Waals surface area contributed by atoms with Crippen molar-refractivity contribution in [1.82, 2.24) is 23.9 Å². The van der Waals surface area contributed by atoms with Crippen LogP contribution in [-0.4, -0.2) is 71.9 Å². The molecule has 20 heteroatoms. The molecule has 2 unspecified atom stereocenters. The van der Waals surface area contributed by atoms with E-state index in [1.54, 1.807) is 20.9 Å². The molecule has 45 heavy (non-hydrogen) atoms. The molecule has 4 heterocycles. The van der Waals surface area contributed by atoms with Crippen molar-refractivity contribution in [3.63, 3.8) is 0 Å². The van der Waals surface area contributed by atoms with Gasteiger partial charge in [-0.2, -0.15) is 0 Å². The molecule has 0 saturated carbocycles. The minimum Gasteiger partial charge on any atom is -0.425 e. The maximum Gasteiger partial charge on any atom is 0.509 e. The monoisotopic (exact) mass is 649 g/mol. The van der Waals surface area contributed by atoms with Crippen LogP contribution < -0.4 is 15.9 Å². The van der Waals surface area contributed by atoms with Crippen molar-refractivity contribution in [2.45, 2.75) is 44.0 Å². The Bertz CT molecular complexity index is 1820. The molecule has 1 aromatic carbocycles. The molecule has 19 nitrogen and oxygen atoms in total. The number of ether oxygens (including phenoxy) is 4. The Morgan fingerprint density at radius 2 is 2.02 bits per heavy atom. The zero-order valence-corrected chi connectivity index (χ0v) is 25.3. The number of nitrogen functional groups attached to an aromatic ring is 1. The predicted molar refractivity (Wildman–Crippen MR) is 152 cm³/mol. The molecule has 0 spiro atoms. The van der Waals surface area contributed by atoms with Gasteiger partial charge in [0.2, 0.25) is 11.7 Å². The fraction of sp³-hybridized carbons (Fsp3) is 0.400. The van der Waals surface area contributed by atoms with E-state index in [9.17, 15) is 29.2 Å². The smallest absolute Gasteiger partial charge is 0.425 e. The Labute approximate surface area is 253 Å². The molecule has 5 atom stereocenters. The quantitative estimate of drug-likeness (QED) is 0.0721. The fourth-order valence-electron chi connectivity index (χ4n) is 4.94. The van der Waals surface area contributed by atoms with Gasteiger partial charge in [-0.05, 0) is 31.5 Å². The molecule has 0 radical (unpaired) electrons. The van der Waals surface area contributed by atoms with Crippen LogP contribution >= 0.6 is 7.75 Å². The third-order valence-electron chi connectivity index (χ3n) is 7.15. The number of non-ortho nitro benzene ring substituents is 1. The molecule has 1 fully saturated rings. The lowest BCUT2D eigenvalue weighted by atomic mass is 9.98. The lowest BCUT2D eigenvalue weighted by molar-refractivity contribution is -0.746. The first-order valence-electron chi connectivity index (χ1n) is 13.3. The highest BCUT2D eigenvalue weighted by atomic mass is 31.2. The van der Waals surface area contributed by atoms with Crippen molar-refractivity contribution < 1.29 is 47.2 Å². The molecule has 240 valence electrons. The Morgan fingerprint density at radius 3 is 2.64 bits per heavy atom. The molecule has 4 aromatic rings. The van der Waals surface area contributed by atoms with Crippen LogP contribution in [-0.2, 0) is 40.7 Å². The summed E-state index contributed by atoms with van der Waals surface area (Å²) < 4.78 is 45.2. The summed E-state index contributed by atoms with van der Waals surface area (Å²) in [5, 5.41) is 11.0. The number of benzene rings is 1. The zero-order valence-electron chi connectivity index (χ0n) is 24.4. The van der Waals surface area contributed by atoms with E-state index in [1.807, 2.05) is 0 Å². The van der Waals surface area contributed by atoms with Gasteiger partial charge in [0.1, 0.15) is 18.0 Å². The molecule has 5 rings (SSSR count). The topological polar surface area (TPSA) is 242 Å². The number of imidazole rings is 2. The van der Waals surface area contributed by atoms with Gasteiger partial charge in [0.05, 0.1) is 18.6 Å². The van der Waals surface area contributed by atoms with Gasteiger partial charge in [0.25, 0.3) is 17.2 Å². The van der Waals surface area contributed by atoms with Crippen LogP contribution in [0.3, 0.4) is 0 Å². The van der Waals surface area contributed by atoms with E-state index in [0.717, 1.165) is 10.7 Å². The maximum atomic E-state index is 13.2. The second-order valence-electron chi connectivity index (χ2n) is 10.5. The van der Waals surface area contributed by atoms with Gasteiger partial charge in [-0.3, -0.25) is 29.0 Å². The molecule has 0 bridgehead atoms. The van der Waals surface area contributed by atoms with Gasteiger partial charge in [-0.15, -0.1) is 0 Å². The number of nitrogens with zero attached hydrogens (tertiary/aromatic N) is 6. The molecule has 0 aliphatic carbocycles. The van der Waals surface area contributed by atoms with Crippen molar-refractivity contribution in [2.75, 3.05) is 19.5 Å². The summed E-state index contributed by atoms with van der Waals surface area (Å²) in [6.07, 6.45) is -0.715. The largest absolute Gasteiger partial charge is 0.509 e. The first-order valence-corrected chi connectivity index (χ1v) is 14.8. The number of anilines is 1. The molecular formula is C25H30N8O11P+. The summed E-state index contributed by atoms with van der Waals surface area (Å²) in [7, 11) is -1.51. The van der Waals surface area contributed by atoms with Crippen LogP contribution in [0.15, 0.2) is 54.1 Å².